The Morgan fingerprint density at radius 1 is 1.42 bits per heavy atom. The number of dihydropyridines is 1. The highest BCUT2D eigenvalue weighted by molar-refractivity contribution is 6.09. The molecule has 0 aromatic rings. The first-order valence-electron chi connectivity index (χ1n) is 3.46. The van der Waals surface area contributed by atoms with Gasteiger partial charge in [-0.05, 0) is 25.3 Å². The molecule has 0 amide bonds. The summed E-state index contributed by atoms with van der Waals surface area (Å²) in [6.07, 6.45) is 5.93. The van der Waals surface area contributed by atoms with E-state index < -0.39 is 17.3 Å². The molecule has 12 heavy (non-hydrogen) atoms. The fourth-order valence-electron chi connectivity index (χ4n) is 0.986. The van der Waals surface area contributed by atoms with Gasteiger partial charge in [0, 0.05) is 0 Å². The minimum absolute atomic E-state index is 0.435. The number of carboxylic acids is 1. The molecule has 4 nitrogen and oxygen atoms in total. The molecule has 1 rings (SSSR count). The summed E-state index contributed by atoms with van der Waals surface area (Å²) in [5.41, 5.74) is -1.56. The van der Waals surface area contributed by atoms with Crippen LogP contribution in [0.2, 0.25) is 0 Å². The van der Waals surface area contributed by atoms with Crippen molar-refractivity contribution in [3.63, 3.8) is 0 Å². The SMILES string of the molecule is CC(=O)C1(C(=O)O)C=CC=CN1. The molecular formula is C8H9NO3. The number of hydrogen-bond acceptors (Lipinski definition) is 3. The summed E-state index contributed by atoms with van der Waals surface area (Å²) in [4.78, 5) is 21.8. The number of Topliss-reactive ketones (excluding diaryl/α,β-unsaturated/α-hetero) is 1. The smallest absolute Gasteiger partial charge is 0.341 e. The Balaban J connectivity index is 3.04. The van der Waals surface area contributed by atoms with Crippen LogP contribution in [0.1, 0.15) is 6.92 Å². The van der Waals surface area contributed by atoms with Gasteiger partial charge in [-0.2, -0.15) is 0 Å². The first-order valence-corrected chi connectivity index (χ1v) is 3.46. The molecule has 0 aromatic carbocycles. The van der Waals surface area contributed by atoms with Crippen LogP contribution in [0.15, 0.2) is 24.4 Å². The van der Waals surface area contributed by atoms with Crippen molar-refractivity contribution in [3.05, 3.63) is 24.4 Å². The molecule has 0 aromatic heterocycles. The molecule has 1 aliphatic rings. The molecular weight excluding hydrogens is 158 g/mol. The van der Waals surface area contributed by atoms with Crippen LogP contribution >= 0.6 is 0 Å². The largest absolute Gasteiger partial charge is 0.479 e. The lowest BCUT2D eigenvalue weighted by molar-refractivity contribution is -0.146. The van der Waals surface area contributed by atoms with Crippen LogP contribution in [0.3, 0.4) is 0 Å². The molecule has 1 aliphatic heterocycles. The summed E-state index contributed by atoms with van der Waals surface area (Å²) in [7, 11) is 0. The first kappa shape index (κ1) is 8.52. The molecule has 0 saturated carbocycles. The molecule has 2 N–H and O–H groups in total. The third-order valence-electron chi connectivity index (χ3n) is 1.76. The summed E-state index contributed by atoms with van der Waals surface area (Å²) >= 11 is 0. The molecule has 0 saturated heterocycles. The normalized spacial score (nSPS) is 26.4. The van der Waals surface area contributed by atoms with Gasteiger partial charge in [0.25, 0.3) is 0 Å². The van der Waals surface area contributed by atoms with Crippen molar-refractivity contribution in [2.75, 3.05) is 0 Å². The number of rotatable bonds is 2. The maximum atomic E-state index is 11.0. The van der Waals surface area contributed by atoms with Gasteiger partial charge >= 0.3 is 5.97 Å². The summed E-state index contributed by atoms with van der Waals surface area (Å²) in [5.74, 6) is -1.62. The first-order chi connectivity index (χ1) is 5.59. The van der Waals surface area contributed by atoms with Crippen LogP contribution in [0.25, 0.3) is 0 Å². The molecule has 0 bridgehead atoms. The number of carbonyl (C=O) groups excluding carboxylic acids is 1. The number of hydrogen-bond donors (Lipinski definition) is 2. The second-order valence-corrected chi connectivity index (χ2v) is 2.53. The van der Waals surface area contributed by atoms with E-state index in [0.717, 1.165) is 0 Å². The third-order valence-corrected chi connectivity index (χ3v) is 1.76. The van der Waals surface area contributed by atoms with E-state index in [0.29, 0.717) is 0 Å². The van der Waals surface area contributed by atoms with Gasteiger partial charge in [0.05, 0.1) is 0 Å². The van der Waals surface area contributed by atoms with Crippen molar-refractivity contribution in [2.45, 2.75) is 12.5 Å². The average molecular weight is 167 g/mol. The second-order valence-electron chi connectivity index (χ2n) is 2.53. The van der Waals surface area contributed by atoms with E-state index in [-0.39, 0.29) is 0 Å². The van der Waals surface area contributed by atoms with Crippen LogP contribution < -0.4 is 5.32 Å². The number of nitrogens with one attached hydrogen (secondary N) is 1. The lowest BCUT2D eigenvalue weighted by Gasteiger charge is -2.24. The van der Waals surface area contributed by atoms with Gasteiger partial charge in [-0.1, -0.05) is 6.08 Å². The third kappa shape index (κ3) is 1.11. The maximum Gasteiger partial charge on any atom is 0.341 e. The number of allylic oxidation sites excluding steroid dienone is 2. The van der Waals surface area contributed by atoms with Crippen molar-refractivity contribution < 1.29 is 14.7 Å². The van der Waals surface area contributed by atoms with Crippen molar-refractivity contribution >= 4 is 11.8 Å². The van der Waals surface area contributed by atoms with E-state index in [4.69, 9.17) is 5.11 Å². The molecule has 64 valence electrons. The van der Waals surface area contributed by atoms with E-state index in [2.05, 4.69) is 5.32 Å². The van der Waals surface area contributed by atoms with Gasteiger partial charge in [-0.25, -0.2) is 4.79 Å². The van der Waals surface area contributed by atoms with Gasteiger partial charge in [-0.3, -0.25) is 4.79 Å². The Kier molecular flexibility index (Phi) is 1.99. The Hall–Kier alpha value is -1.58. The summed E-state index contributed by atoms with van der Waals surface area (Å²) in [6, 6.07) is 0. The summed E-state index contributed by atoms with van der Waals surface area (Å²) in [5, 5.41) is 11.3. The number of carbonyl (C=O) groups is 2. The van der Waals surface area contributed by atoms with Crippen LogP contribution in [-0.2, 0) is 9.59 Å². The lowest BCUT2D eigenvalue weighted by atomic mass is 9.93. The van der Waals surface area contributed by atoms with Gasteiger partial charge < -0.3 is 10.4 Å². The van der Waals surface area contributed by atoms with Crippen LogP contribution in [0.5, 0.6) is 0 Å². The van der Waals surface area contributed by atoms with Crippen molar-refractivity contribution in [1.82, 2.24) is 5.32 Å². The zero-order chi connectivity index (χ0) is 9.19. The minimum atomic E-state index is -1.56. The number of aliphatic carboxylic acids is 1. The maximum absolute atomic E-state index is 11.0. The Bertz CT molecular complexity index is 264. The standard InChI is InChI=1S/C8H9NO3/c1-6(10)8(7(11)12)4-2-3-5-9-8/h2-5,9H,1H3,(H,11,12). The van der Waals surface area contributed by atoms with E-state index in [1.165, 1.54) is 25.3 Å². The molecule has 0 aliphatic carbocycles. The minimum Gasteiger partial charge on any atom is -0.479 e. The Labute approximate surface area is 69.6 Å². The molecule has 0 fully saturated rings. The van der Waals surface area contributed by atoms with E-state index in [1.54, 1.807) is 6.08 Å². The van der Waals surface area contributed by atoms with Crippen molar-refractivity contribution in [3.8, 4) is 0 Å². The van der Waals surface area contributed by atoms with Crippen molar-refractivity contribution in [1.29, 1.82) is 0 Å². The monoisotopic (exact) mass is 167 g/mol. The van der Waals surface area contributed by atoms with Crippen LogP contribution in [0.4, 0.5) is 0 Å². The lowest BCUT2D eigenvalue weighted by Crippen LogP contribution is -2.54. The molecule has 1 heterocycles. The topological polar surface area (TPSA) is 66.4 Å². The molecule has 0 spiro atoms. The van der Waals surface area contributed by atoms with Gasteiger partial charge in [-0.15, -0.1) is 0 Å². The van der Waals surface area contributed by atoms with Crippen molar-refractivity contribution in [2.24, 2.45) is 0 Å². The average Bonchev–Trinajstić information content (AvgIpc) is 2.05. The molecule has 0 radical (unpaired) electrons. The highest BCUT2D eigenvalue weighted by Gasteiger charge is 2.40. The predicted octanol–water partition coefficient (Wildman–Crippen LogP) is 0.0719. The second kappa shape index (κ2) is 2.81. The number of carboxylic acid groups (broad SMARTS) is 1. The summed E-state index contributed by atoms with van der Waals surface area (Å²) in [6.45, 7) is 1.24. The quantitative estimate of drug-likeness (QED) is 0.571. The van der Waals surface area contributed by atoms with Gasteiger partial charge in [0.1, 0.15) is 0 Å². The highest BCUT2D eigenvalue weighted by atomic mass is 16.4. The van der Waals surface area contributed by atoms with E-state index in [1.807, 2.05) is 0 Å². The zero-order valence-electron chi connectivity index (χ0n) is 6.57. The molecule has 4 heteroatoms. The molecule has 1 unspecified atom stereocenters. The van der Waals surface area contributed by atoms with E-state index in [9.17, 15) is 9.59 Å². The molecule has 1 atom stereocenters. The van der Waals surface area contributed by atoms with Crippen LogP contribution in [-0.4, -0.2) is 22.4 Å². The van der Waals surface area contributed by atoms with E-state index >= 15 is 0 Å². The zero-order valence-corrected chi connectivity index (χ0v) is 6.57. The fourth-order valence-corrected chi connectivity index (χ4v) is 0.986. The van der Waals surface area contributed by atoms with Crippen LogP contribution in [0, 0.1) is 0 Å². The highest BCUT2D eigenvalue weighted by Crippen LogP contribution is 2.12. The van der Waals surface area contributed by atoms with Gasteiger partial charge in [0.15, 0.2) is 5.78 Å². The fraction of sp³-hybridized carbons (Fsp3) is 0.250. The Morgan fingerprint density at radius 3 is 2.33 bits per heavy atom. The van der Waals surface area contributed by atoms with Gasteiger partial charge in [0.2, 0.25) is 5.54 Å². The number of ketones is 1. The summed E-state index contributed by atoms with van der Waals surface area (Å²) < 4.78 is 0. The predicted molar refractivity (Wildman–Crippen MR) is 42.5 cm³/mol. The Morgan fingerprint density at radius 2 is 2.08 bits per heavy atom.